The van der Waals surface area contributed by atoms with Gasteiger partial charge in [0.15, 0.2) is 0 Å². The maximum absolute atomic E-state index is 5.42. The van der Waals surface area contributed by atoms with Crippen molar-refractivity contribution in [3.8, 4) is 0 Å². The predicted octanol–water partition coefficient (Wildman–Crippen LogP) is 2.63. The molecule has 1 atom stereocenters. The lowest BCUT2D eigenvalue weighted by molar-refractivity contribution is 0.225. The van der Waals surface area contributed by atoms with Gasteiger partial charge in [-0.05, 0) is 38.1 Å². The largest absolute Gasteiger partial charge is 0.468 e. The monoisotopic (exact) mass is 236 g/mol. The molecule has 0 aliphatic carbocycles. The number of hydrogen-bond acceptors (Lipinski definition) is 3. The van der Waals surface area contributed by atoms with Crippen LogP contribution in [-0.2, 0) is 6.54 Å². The fourth-order valence-electron chi connectivity index (χ4n) is 2.50. The molecule has 0 amide bonds. The third kappa shape index (κ3) is 4.17. The van der Waals surface area contributed by atoms with Crippen LogP contribution in [0.4, 0.5) is 0 Å². The van der Waals surface area contributed by atoms with Crippen LogP contribution in [0.15, 0.2) is 22.8 Å². The van der Waals surface area contributed by atoms with Crippen molar-refractivity contribution in [2.45, 2.75) is 45.2 Å². The zero-order chi connectivity index (χ0) is 11.9. The minimum absolute atomic E-state index is 0.660. The van der Waals surface area contributed by atoms with E-state index in [9.17, 15) is 0 Å². The Morgan fingerprint density at radius 1 is 1.41 bits per heavy atom. The maximum atomic E-state index is 5.42. The van der Waals surface area contributed by atoms with E-state index >= 15 is 0 Å². The van der Waals surface area contributed by atoms with Crippen LogP contribution in [-0.4, -0.2) is 30.6 Å². The molecule has 1 N–H and O–H groups in total. The molecule has 1 unspecified atom stereocenters. The molecule has 3 heteroatoms. The van der Waals surface area contributed by atoms with E-state index in [1.807, 2.05) is 6.07 Å². The first-order chi connectivity index (χ1) is 8.38. The summed E-state index contributed by atoms with van der Waals surface area (Å²) >= 11 is 0. The lowest BCUT2D eigenvalue weighted by Crippen LogP contribution is -2.40. The molecule has 96 valence electrons. The summed E-state index contributed by atoms with van der Waals surface area (Å²) in [5.41, 5.74) is 0. The van der Waals surface area contributed by atoms with E-state index in [2.05, 4.69) is 23.2 Å². The molecular formula is C14H24N2O. The summed E-state index contributed by atoms with van der Waals surface area (Å²) in [6, 6.07) is 4.68. The van der Waals surface area contributed by atoms with Crippen molar-refractivity contribution in [1.82, 2.24) is 10.2 Å². The van der Waals surface area contributed by atoms with Gasteiger partial charge in [0.2, 0.25) is 0 Å². The van der Waals surface area contributed by atoms with Crippen LogP contribution in [0.1, 0.15) is 38.4 Å². The first-order valence-electron chi connectivity index (χ1n) is 6.86. The van der Waals surface area contributed by atoms with Crippen LogP contribution in [0.3, 0.4) is 0 Å². The molecule has 17 heavy (non-hydrogen) atoms. The molecule has 2 heterocycles. The van der Waals surface area contributed by atoms with Gasteiger partial charge in [0.1, 0.15) is 5.76 Å². The van der Waals surface area contributed by atoms with Crippen molar-refractivity contribution in [1.29, 1.82) is 0 Å². The topological polar surface area (TPSA) is 28.4 Å². The third-order valence-corrected chi connectivity index (χ3v) is 3.55. The summed E-state index contributed by atoms with van der Waals surface area (Å²) in [5, 5.41) is 3.65. The summed E-state index contributed by atoms with van der Waals surface area (Å²) in [6.07, 6.45) is 7.16. The first-order valence-corrected chi connectivity index (χ1v) is 6.86. The van der Waals surface area contributed by atoms with E-state index in [1.165, 1.54) is 32.2 Å². The third-order valence-electron chi connectivity index (χ3n) is 3.55. The summed E-state index contributed by atoms with van der Waals surface area (Å²) in [5.74, 6) is 1.07. The molecule has 0 aromatic carbocycles. The van der Waals surface area contributed by atoms with Gasteiger partial charge in [-0.25, -0.2) is 0 Å². The van der Waals surface area contributed by atoms with Gasteiger partial charge in [-0.15, -0.1) is 0 Å². The van der Waals surface area contributed by atoms with Crippen LogP contribution in [0.2, 0.25) is 0 Å². The van der Waals surface area contributed by atoms with E-state index in [0.717, 1.165) is 25.4 Å². The van der Waals surface area contributed by atoms with Gasteiger partial charge < -0.3 is 9.73 Å². The molecule has 2 rings (SSSR count). The molecule has 0 saturated carbocycles. The first kappa shape index (κ1) is 12.7. The SMILES string of the molecule is CCN(Cc1ccco1)CC1CCCCCN1. The van der Waals surface area contributed by atoms with Crippen molar-refractivity contribution in [3.05, 3.63) is 24.2 Å². The molecule has 0 bridgehead atoms. The van der Waals surface area contributed by atoms with Crippen molar-refractivity contribution < 1.29 is 4.42 Å². The van der Waals surface area contributed by atoms with Gasteiger partial charge in [0.25, 0.3) is 0 Å². The minimum atomic E-state index is 0.660. The predicted molar refractivity (Wildman–Crippen MR) is 69.9 cm³/mol. The zero-order valence-electron chi connectivity index (χ0n) is 10.8. The smallest absolute Gasteiger partial charge is 0.117 e. The van der Waals surface area contributed by atoms with Gasteiger partial charge in [-0.2, -0.15) is 0 Å². The van der Waals surface area contributed by atoms with Crippen molar-refractivity contribution in [2.24, 2.45) is 0 Å². The Bertz CT molecular complexity index is 289. The van der Waals surface area contributed by atoms with Crippen LogP contribution in [0, 0.1) is 0 Å². The second-order valence-electron chi connectivity index (χ2n) is 4.91. The van der Waals surface area contributed by atoms with Gasteiger partial charge in [-0.1, -0.05) is 19.8 Å². The highest BCUT2D eigenvalue weighted by Gasteiger charge is 2.15. The second-order valence-corrected chi connectivity index (χ2v) is 4.91. The number of hydrogen-bond donors (Lipinski definition) is 1. The van der Waals surface area contributed by atoms with Crippen LogP contribution in [0.5, 0.6) is 0 Å². The number of furan rings is 1. The molecule has 1 aliphatic heterocycles. The summed E-state index contributed by atoms with van der Waals surface area (Å²) in [7, 11) is 0. The van der Waals surface area contributed by atoms with Crippen molar-refractivity contribution in [2.75, 3.05) is 19.6 Å². The average Bonchev–Trinajstić information content (AvgIpc) is 2.71. The minimum Gasteiger partial charge on any atom is -0.468 e. The van der Waals surface area contributed by atoms with E-state index in [0.29, 0.717) is 6.04 Å². The summed E-state index contributed by atoms with van der Waals surface area (Å²) in [6.45, 7) is 6.56. The van der Waals surface area contributed by atoms with Gasteiger partial charge in [0.05, 0.1) is 12.8 Å². The number of rotatable bonds is 5. The fraction of sp³-hybridized carbons (Fsp3) is 0.714. The van der Waals surface area contributed by atoms with Gasteiger partial charge in [0, 0.05) is 12.6 Å². The Morgan fingerprint density at radius 2 is 2.35 bits per heavy atom. The molecule has 1 aromatic heterocycles. The highest BCUT2D eigenvalue weighted by Crippen LogP contribution is 2.11. The molecular weight excluding hydrogens is 212 g/mol. The number of nitrogens with zero attached hydrogens (tertiary/aromatic N) is 1. The molecule has 3 nitrogen and oxygen atoms in total. The lowest BCUT2D eigenvalue weighted by atomic mass is 10.1. The summed E-state index contributed by atoms with van der Waals surface area (Å²) in [4.78, 5) is 2.46. The van der Waals surface area contributed by atoms with Crippen molar-refractivity contribution >= 4 is 0 Å². The fourth-order valence-corrected chi connectivity index (χ4v) is 2.50. The highest BCUT2D eigenvalue weighted by molar-refractivity contribution is 4.98. The highest BCUT2D eigenvalue weighted by atomic mass is 16.3. The molecule has 0 radical (unpaired) electrons. The standard InChI is InChI=1S/C14H24N2O/c1-2-16(12-14-8-6-10-17-14)11-13-7-4-3-5-9-15-13/h6,8,10,13,15H,2-5,7,9,11-12H2,1H3. The molecule has 1 saturated heterocycles. The summed E-state index contributed by atoms with van der Waals surface area (Å²) < 4.78 is 5.42. The Balaban J connectivity index is 1.81. The van der Waals surface area contributed by atoms with E-state index in [4.69, 9.17) is 4.42 Å². The number of nitrogens with one attached hydrogen (secondary N) is 1. The normalized spacial score (nSPS) is 21.6. The number of likely N-dealkylation sites (N-methyl/N-ethyl adjacent to an activating group) is 1. The Kier molecular flexibility index (Phi) is 5.08. The van der Waals surface area contributed by atoms with Crippen molar-refractivity contribution in [3.63, 3.8) is 0 Å². The molecule has 1 aliphatic rings. The molecule has 1 aromatic rings. The Morgan fingerprint density at radius 3 is 3.12 bits per heavy atom. The van der Waals surface area contributed by atoms with Gasteiger partial charge >= 0.3 is 0 Å². The quantitative estimate of drug-likeness (QED) is 0.852. The molecule has 1 fully saturated rings. The van der Waals surface area contributed by atoms with E-state index < -0.39 is 0 Å². The Labute approximate surface area is 104 Å². The second kappa shape index (κ2) is 6.82. The van der Waals surface area contributed by atoms with Gasteiger partial charge in [-0.3, -0.25) is 4.90 Å². The maximum Gasteiger partial charge on any atom is 0.117 e. The van der Waals surface area contributed by atoms with E-state index in [-0.39, 0.29) is 0 Å². The lowest BCUT2D eigenvalue weighted by Gasteiger charge is -2.25. The Hall–Kier alpha value is -0.800. The van der Waals surface area contributed by atoms with Crippen LogP contribution in [0.25, 0.3) is 0 Å². The zero-order valence-corrected chi connectivity index (χ0v) is 10.8. The molecule has 0 spiro atoms. The van der Waals surface area contributed by atoms with Crippen LogP contribution < -0.4 is 5.32 Å². The van der Waals surface area contributed by atoms with E-state index in [1.54, 1.807) is 6.26 Å². The van der Waals surface area contributed by atoms with Crippen LogP contribution >= 0.6 is 0 Å². The average molecular weight is 236 g/mol.